The molecule has 0 saturated heterocycles. The highest BCUT2D eigenvalue weighted by atomic mass is 16.5. The molecule has 152 valence electrons. The maximum absolute atomic E-state index is 12.3. The van der Waals surface area contributed by atoms with Crippen molar-refractivity contribution in [3.05, 3.63) is 60.2 Å². The topological polar surface area (TPSA) is 105 Å². The summed E-state index contributed by atoms with van der Waals surface area (Å²) in [6.07, 6.45) is 0. The number of esters is 1. The minimum absolute atomic E-state index is 0.175. The van der Waals surface area contributed by atoms with Gasteiger partial charge in [-0.3, -0.25) is 14.4 Å². The zero-order valence-electron chi connectivity index (χ0n) is 16.3. The quantitative estimate of drug-likeness (QED) is 0.665. The van der Waals surface area contributed by atoms with E-state index in [1.165, 1.54) is 11.8 Å². The fourth-order valence-electron chi connectivity index (χ4n) is 2.47. The Morgan fingerprint density at radius 3 is 2.03 bits per heavy atom. The Kier molecular flexibility index (Phi) is 7.90. The molecule has 29 heavy (non-hydrogen) atoms. The van der Waals surface area contributed by atoms with Crippen LogP contribution in [0, 0.1) is 0 Å². The van der Waals surface area contributed by atoms with Crippen molar-refractivity contribution in [1.82, 2.24) is 4.90 Å². The molecule has 0 aliphatic rings. The molecular formula is C21H23N3O5. The van der Waals surface area contributed by atoms with Crippen molar-refractivity contribution in [1.29, 1.82) is 0 Å². The van der Waals surface area contributed by atoms with Crippen LogP contribution < -0.4 is 10.6 Å². The normalized spacial score (nSPS) is 10.0. The molecule has 2 aromatic rings. The predicted octanol–water partition coefficient (Wildman–Crippen LogP) is 2.29. The second-order valence-corrected chi connectivity index (χ2v) is 6.16. The number of carbonyl (C=O) groups is 4. The van der Waals surface area contributed by atoms with Crippen LogP contribution >= 0.6 is 0 Å². The van der Waals surface area contributed by atoms with Crippen molar-refractivity contribution < 1.29 is 23.9 Å². The first-order valence-electron chi connectivity index (χ1n) is 9.06. The fourth-order valence-corrected chi connectivity index (χ4v) is 2.47. The van der Waals surface area contributed by atoms with Gasteiger partial charge in [-0.1, -0.05) is 18.2 Å². The summed E-state index contributed by atoms with van der Waals surface area (Å²) in [7, 11) is 0. The molecule has 8 nitrogen and oxygen atoms in total. The van der Waals surface area contributed by atoms with Crippen LogP contribution in [0.1, 0.15) is 24.2 Å². The molecule has 0 radical (unpaired) electrons. The molecule has 0 unspecified atom stereocenters. The minimum Gasteiger partial charge on any atom is -0.452 e. The number of ether oxygens (including phenoxy) is 1. The molecule has 0 aromatic heterocycles. The number of anilines is 2. The summed E-state index contributed by atoms with van der Waals surface area (Å²) < 4.78 is 5.02. The summed E-state index contributed by atoms with van der Waals surface area (Å²) >= 11 is 0. The van der Waals surface area contributed by atoms with Crippen LogP contribution in [0.2, 0.25) is 0 Å². The molecule has 0 aliphatic carbocycles. The molecule has 8 heteroatoms. The van der Waals surface area contributed by atoms with Crippen LogP contribution in [0.5, 0.6) is 0 Å². The third-order valence-corrected chi connectivity index (χ3v) is 3.89. The molecule has 0 heterocycles. The third-order valence-electron chi connectivity index (χ3n) is 3.89. The molecule has 3 amide bonds. The van der Waals surface area contributed by atoms with Crippen molar-refractivity contribution in [3.8, 4) is 0 Å². The average molecular weight is 397 g/mol. The number of benzene rings is 2. The largest absolute Gasteiger partial charge is 0.452 e. The summed E-state index contributed by atoms with van der Waals surface area (Å²) in [4.78, 5) is 48.7. The van der Waals surface area contributed by atoms with Gasteiger partial charge in [-0.2, -0.15) is 0 Å². The molecular weight excluding hydrogens is 374 g/mol. The van der Waals surface area contributed by atoms with Gasteiger partial charge >= 0.3 is 5.97 Å². The SMILES string of the molecule is CCN(CC(=O)Nc1ccc(NC(C)=O)cc1)C(=O)COC(=O)c1ccccc1. The molecule has 0 spiro atoms. The molecule has 2 aromatic carbocycles. The van der Waals surface area contributed by atoms with E-state index in [0.717, 1.165) is 0 Å². The smallest absolute Gasteiger partial charge is 0.338 e. The van der Waals surface area contributed by atoms with E-state index in [1.54, 1.807) is 61.5 Å². The summed E-state index contributed by atoms with van der Waals surface area (Å²) in [6, 6.07) is 14.9. The van der Waals surface area contributed by atoms with Gasteiger partial charge in [-0.05, 0) is 43.3 Å². The Hall–Kier alpha value is -3.68. The van der Waals surface area contributed by atoms with Gasteiger partial charge in [0.1, 0.15) is 0 Å². The molecule has 0 fully saturated rings. The van der Waals surface area contributed by atoms with Crippen molar-refractivity contribution in [2.75, 3.05) is 30.3 Å². The summed E-state index contributed by atoms with van der Waals surface area (Å²) in [5, 5.41) is 5.31. The lowest BCUT2D eigenvalue weighted by atomic mass is 10.2. The van der Waals surface area contributed by atoms with E-state index < -0.39 is 18.5 Å². The molecule has 2 N–H and O–H groups in total. The van der Waals surface area contributed by atoms with Gasteiger partial charge in [-0.25, -0.2) is 4.79 Å². The van der Waals surface area contributed by atoms with Crippen LogP contribution in [0.3, 0.4) is 0 Å². The van der Waals surface area contributed by atoms with Crippen LogP contribution in [0.4, 0.5) is 11.4 Å². The Morgan fingerprint density at radius 1 is 0.897 bits per heavy atom. The number of nitrogens with one attached hydrogen (secondary N) is 2. The maximum atomic E-state index is 12.3. The van der Waals surface area contributed by atoms with Crippen molar-refractivity contribution >= 4 is 35.1 Å². The van der Waals surface area contributed by atoms with Crippen molar-refractivity contribution in [2.45, 2.75) is 13.8 Å². The molecule has 0 saturated carbocycles. The lowest BCUT2D eigenvalue weighted by molar-refractivity contribution is -0.137. The summed E-state index contributed by atoms with van der Waals surface area (Å²) in [5.41, 5.74) is 1.49. The summed E-state index contributed by atoms with van der Waals surface area (Å²) in [5.74, 6) is -1.64. The number of amides is 3. The second-order valence-electron chi connectivity index (χ2n) is 6.16. The number of nitrogens with zero attached hydrogens (tertiary/aromatic N) is 1. The number of carbonyl (C=O) groups excluding carboxylic acids is 4. The van der Waals surface area contributed by atoms with Gasteiger partial charge < -0.3 is 20.3 Å². The molecule has 2 rings (SSSR count). The maximum Gasteiger partial charge on any atom is 0.338 e. The lowest BCUT2D eigenvalue weighted by Crippen LogP contribution is -2.40. The monoisotopic (exact) mass is 397 g/mol. The van der Waals surface area contributed by atoms with Gasteiger partial charge in [0.15, 0.2) is 6.61 Å². The zero-order chi connectivity index (χ0) is 21.2. The standard InChI is InChI=1S/C21H23N3O5/c1-3-24(20(27)14-29-21(28)16-7-5-4-6-8-16)13-19(26)23-18-11-9-17(10-12-18)22-15(2)25/h4-12H,3,13-14H2,1-2H3,(H,22,25)(H,23,26). The van der Waals surface area contributed by atoms with E-state index in [1.807, 2.05) is 0 Å². The highest BCUT2D eigenvalue weighted by Crippen LogP contribution is 2.13. The van der Waals surface area contributed by atoms with Gasteiger partial charge in [-0.15, -0.1) is 0 Å². The third kappa shape index (κ3) is 7.10. The van der Waals surface area contributed by atoms with E-state index in [-0.39, 0.29) is 24.9 Å². The Labute approximate surface area is 168 Å². The fraction of sp³-hybridized carbons (Fsp3) is 0.238. The van der Waals surface area contributed by atoms with Crippen molar-refractivity contribution in [2.24, 2.45) is 0 Å². The average Bonchev–Trinajstić information content (AvgIpc) is 2.71. The minimum atomic E-state index is -0.598. The van der Waals surface area contributed by atoms with E-state index >= 15 is 0 Å². The number of hydrogen-bond donors (Lipinski definition) is 2. The highest BCUT2D eigenvalue weighted by Gasteiger charge is 2.18. The number of rotatable bonds is 8. The first-order valence-corrected chi connectivity index (χ1v) is 9.06. The van der Waals surface area contributed by atoms with Crippen LogP contribution in [0.25, 0.3) is 0 Å². The van der Waals surface area contributed by atoms with Gasteiger partial charge in [0, 0.05) is 24.8 Å². The van der Waals surface area contributed by atoms with E-state index in [2.05, 4.69) is 10.6 Å². The number of hydrogen-bond acceptors (Lipinski definition) is 5. The van der Waals surface area contributed by atoms with Crippen LogP contribution in [-0.2, 0) is 19.1 Å². The number of likely N-dealkylation sites (N-methyl/N-ethyl adjacent to an activating group) is 1. The van der Waals surface area contributed by atoms with E-state index in [4.69, 9.17) is 4.74 Å². The lowest BCUT2D eigenvalue weighted by Gasteiger charge is -2.20. The van der Waals surface area contributed by atoms with Gasteiger partial charge in [0.05, 0.1) is 12.1 Å². The second kappa shape index (κ2) is 10.6. The van der Waals surface area contributed by atoms with Gasteiger partial charge in [0.25, 0.3) is 5.91 Å². The Balaban J connectivity index is 1.84. The molecule has 0 bridgehead atoms. The van der Waals surface area contributed by atoms with E-state index in [0.29, 0.717) is 16.9 Å². The first-order chi connectivity index (χ1) is 13.9. The Bertz CT molecular complexity index is 866. The van der Waals surface area contributed by atoms with Crippen LogP contribution in [0.15, 0.2) is 54.6 Å². The molecule has 0 atom stereocenters. The Morgan fingerprint density at radius 2 is 1.48 bits per heavy atom. The predicted molar refractivity (Wildman–Crippen MR) is 108 cm³/mol. The molecule has 0 aliphatic heterocycles. The first kappa shape index (κ1) is 21.6. The summed E-state index contributed by atoms with van der Waals surface area (Å²) in [6.45, 7) is 2.80. The zero-order valence-corrected chi connectivity index (χ0v) is 16.3. The van der Waals surface area contributed by atoms with Crippen molar-refractivity contribution in [3.63, 3.8) is 0 Å². The van der Waals surface area contributed by atoms with Gasteiger partial charge in [0.2, 0.25) is 11.8 Å². The van der Waals surface area contributed by atoms with E-state index in [9.17, 15) is 19.2 Å². The van der Waals surface area contributed by atoms with Crippen LogP contribution in [-0.4, -0.2) is 48.3 Å². The highest BCUT2D eigenvalue weighted by molar-refractivity contribution is 5.96.